The van der Waals surface area contributed by atoms with Gasteiger partial charge in [0.15, 0.2) is 0 Å². The number of allylic oxidation sites excluding steroid dienone is 3. The van der Waals surface area contributed by atoms with E-state index in [9.17, 15) is 45.5 Å². The number of alkyl halides is 6. The molecule has 4 amide bonds. The van der Waals surface area contributed by atoms with E-state index in [1.807, 2.05) is 0 Å². The highest BCUT2D eigenvalue weighted by molar-refractivity contribution is 6.34. The van der Waals surface area contributed by atoms with E-state index in [4.69, 9.17) is 0 Å². The quantitative estimate of drug-likeness (QED) is 0.201. The fraction of sp³-hybridized carbons (Fsp3) is 0.282. The van der Waals surface area contributed by atoms with E-state index in [0.717, 1.165) is 24.3 Å². The summed E-state index contributed by atoms with van der Waals surface area (Å²) in [4.78, 5) is 55.3. The van der Waals surface area contributed by atoms with Crippen molar-refractivity contribution in [2.75, 3.05) is 4.90 Å². The van der Waals surface area contributed by atoms with Gasteiger partial charge in [0.25, 0.3) is 23.6 Å². The number of halogens is 6. The van der Waals surface area contributed by atoms with Crippen LogP contribution in [0.3, 0.4) is 0 Å². The molecule has 0 atom stereocenters. The Morgan fingerprint density at radius 2 is 1.18 bits per heavy atom. The Morgan fingerprint density at radius 3 is 1.76 bits per heavy atom. The summed E-state index contributed by atoms with van der Waals surface area (Å²) in [5.74, 6) is -2.73. The summed E-state index contributed by atoms with van der Waals surface area (Å²) in [6.45, 7) is 10.2. The van der Waals surface area contributed by atoms with Crippen LogP contribution < -0.4 is 4.90 Å². The zero-order valence-corrected chi connectivity index (χ0v) is 28.4. The minimum absolute atomic E-state index is 0.0948. The predicted molar refractivity (Wildman–Crippen MR) is 179 cm³/mol. The lowest BCUT2D eigenvalue weighted by Crippen LogP contribution is -2.46. The van der Waals surface area contributed by atoms with Crippen LogP contribution in [0.4, 0.5) is 32.0 Å². The summed E-state index contributed by atoms with van der Waals surface area (Å²) in [5.41, 5.74) is -4.69. The lowest BCUT2D eigenvalue weighted by molar-refractivity contribution is -0.143. The summed E-state index contributed by atoms with van der Waals surface area (Å²) in [6, 6.07) is 9.77. The number of anilines is 1. The topological polar surface area (TPSA) is 74.8 Å². The van der Waals surface area contributed by atoms with E-state index in [2.05, 4.69) is 0 Å². The molecule has 1 aliphatic carbocycles. The second-order valence-electron chi connectivity index (χ2n) is 14.7. The standard InChI is InChI=1S/C39H32F6N2O4/c1-36(2,3)22-11-14-24(30(18-22)38(40,41)42)25-15-12-23(19-31(25)39(43,44)45)46-32(48)27-13-10-21(17-28(27)33(46)49)20-8-7-9-26-29(16-20)35(51)47(34(26)50)37(4,5)6/h7-8,10-19H,9H2,1-6H3. The van der Waals surface area contributed by atoms with E-state index in [0.29, 0.717) is 27.7 Å². The Morgan fingerprint density at radius 1 is 0.608 bits per heavy atom. The first kappa shape index (κ1) is 35.6. The highest BCUT2D eigenvalue weighted by Gasteiger charge is 2.44. The number of hydrogen-bond donors (Lipinski definition) is 0. The highest BCUT2D eigenvalue weighted by atomic mass is 19.4. The molecule has 3 aromatic rings. The smallest absolute Gasteiger partial charge is 0.269 e. The van der Waals surface area contributed by atoms with Gasteiger partial charge in [0.1, 0.15) is 0 Å². The summed E-state index contributed by atoms with van der Waals surface area (Å²) in [7, 11) is 0. The number of carbonyl (C=O) groups excluding carboxylic acids is 4. The fourth-order valence-corrected chi connectivity index (χ4v) is 6.51. The number of amides is 4. The van der Waals surface area contributed by atoms with E-state index in [1.54, 1.807) is 53.7 Å². The Balaban J connectivity index is 1.39. The Hall–Kier alpha value is -5.26. The first-order chi connectivity index (χ1) is 23.5. The molecule has 264 valence electrons. The minimum Gasteiger partial charge on any atom is -0.269 e. The number of imide groups is 2. The number of hydrogen-bond acceptors (Lipinski definition) is 4. The molecule has 0 saturated heterocycles. The van der Waals surface area contributed by atoms with Crippen molar-refractivity contribution < 1.29 is 45.5 Å². The monoisotopic (exact) mass is 706 g/mol. The maximum Gasteiger partial charge on any atom is 0.417 e. The van der Waals surface area contributed by atoms with Crippen LogP contribution in [0.1, 0.15) is 90.9 Å². The average molecular weight is 707 g/mol. The summed E-state index contributed by atoms with van der Waals surface area (Å²) in [6.07, 6.45) is -5.06. The number of nitrogens with zero attached hydrogens (tertiary/aromatic N) is 2. The molecule has 0 aromatic heterocycles. The van der Waals surface area contributed by atoms with Crippen LogP contribution in [-0.4, -0.2) is 34.1 Å². The molecule has 0 saturated carbocycles. The van der Waals surface area contributed by atoms with Crippen molar-refractivity contribution in [2.24, 2.45) is 0 Å². The molecule has 0 spiro atoms. The van der Waals surface area contributed by atoms with E-state index >= 15 is 0 Å². The third-order valence-electron chi connectivity index (χ3n) is 9.08. The van der Waals surface area contributed by atoms with Gasteiger partial charge in [0.2, 0.25) is 0 Å². The van der Waals surface area contributed by atoms with Crippen LogP contribution in [0.5, 0.6) is 0 Å². The van der Waals surface area contributed by atoms with Gasteiger partial charge in [-0.15, -0.1) is 0 Å². The molecule has 0 radical (unpaired) electrons. The molecule has 0 unspecified atom stereocenters. The van der Waals surface area contributed by atoms with Crippen LogP contribution in [0.15, 0.2) is 84.0 Å². The number of rotatable bonds is 3. The molecule has 6 nitrogen and oxygen atoms in total. The van der Waals surface area contributed by atoms with Gasteiger partial charge in [0, 0.05) is 16.7 Å². The van der Waals surface area contributed by atoms with Crippen LogP contribution in [0.25, 0.3) is 16.7 Å². The Kier molecular flexibility index (Phi) is 8.12. The number of benzene rings is 3. The van der Waals surface area contributed by atoms with Crippen molar-refractivity contribution in [3.05, 3.63) is 117 Å². The van der Waals surface area contributed by atoms with Gasteiger partial charge in [-0.2, -0.15) is 26.3 Å². The molecule has 0 N–H and O–H groups in total. The first-order valence-electron chi connectivity index (χ1n) is 16.0. The molecule has 2 aliphatic heterocycles. The van der Waals surface area contributed by atoms with Gasteiger partial charge < -0.3 is 0 Å². The summed E-state index contributed by atoms with van der Waals surface area (Å²) in [5, 5.41) is 0. The first-order valence-corrected chi connectivity index (χ1v) is 16.0. The SMILES string of the molecule is CC(C)(C)c1ccc(-c2ccc(N3C(=O)c4ccc(C5=CC6=C(CC=C5)C(=O)N(C(C)(C)C)C6=O)cc4C3=O)cc2C(F)(F)F)c(C(F)(F)F)c1. The minimum atomic E-state index is -5.16. The van der Waals surface area contributed by atoms with Crippen LogP contribution in [0.2, 0.25) is 0 Å². The van der Waals surface area contributed by atoms with Gasteiger partial charge >= 0.3 is 12.4 Å². The van der Waals surface area contributed by atoms with Gasteiger partial charge in [-0.3, -0.25) is 24.1 Å². The fourth-order valence-electron chi connectivity index (χ4n) is 6.51. The Labute approximate surface area is 289 Å². The zero-order chi connectivity index (χ0) is 37.6. The lowest BCUT2D eigenvalue weighted by Gasteiger charge is -2.30. The van der Waals surface area contributed by atoms with Crippen molar-refractivity contribution in [3.63, 3.8) is 0 Å². The normalized spacial score (nSPS) is 17.0. The van der Waals surface area contributed by atoms with Crippen molar-refractivity contribution in [2.45, 2.75) is 71.3 Å². The molecule has 51 heavy (non-hydrogen) atoms. The molecule has 12 heteroatoms. The maximum absolute atomic E-state index is 14.5. The van der Waals surface area contributed by atoms with Gasteiger partial charge in [-0.25, -0.2) is 4.90 Å². The molecule has 2 heterocycles. The molecule has 0 bridgehead atoms. The van der Waals surface area contributed by atoms with Gasteiger partial charge in [-0.1, -0.05) is 57.2 Å². The van der Waals surface area contributed by atoms with Crippen molar-refractivity contribution >= 4 is 34.9 Å². The van der Waals surface area contributed by atoms with E-state index in [-0.39, 0.29) is 28.7 Å². The summed E-state index contributed by atoms with van der Waals surface area (Å²) < 4.78 is 86.4. The van der Waals surface area contributed by atoms with Crippen LogP contribution >= 0.6 is 0 Å². The van der Waals surface area contributed by atoms with Crippen molar-refractivity contribution in [3.8, 4) is 11.1 Å². The third-order valence-corrected chi connectivity index (χ3v) is 9.08. The molecule has 3 aliphatic rings. The Bertz CT molecular complexity index is 2160. The predicted octanol–water partition coefficient (Wildman–Crippen LogP) is 9.30. The third kappa shape index (κ3) is 6.10. The van der Waals surface area contributed by atoms with Gasteiger partial charge in [-0.05, 0) is 96.8 Å². The highest BCUT2D eigenvalue weighted by Crippen LogP contribution is 2.46. The van der Waals surface area contributed by atoms with Crippen molar-refractivity contribution in [1.82, 2.24) is 4.90 Å². The van der Waals surface area contributed by atoms with Crippen molar-refractivity contribution in [1.29, 1.82) is 0 Å². The largest absolute Gasteiger partial charge is 0.417 e. The van der Waals surface area contributed by atoms with Crippen LogP contribution in [0, 0.1) is 0 Å². The molecular formula is C39H32F6N2O4. The second-order valence-corrected chi connectivity index (χ2v) is 14.7. The van der Waals surface area contributed by atoms with Crippen LogP contribution in [-0.2, 0) is 27.4 Å². The molecule has 6 rings (SSSR count). The van der Waals surface area contributed by atoms with Gasteiger partial charge in [0.05, 0.1) is 27.9 Å². The number of fused-ring (bicyclic) bond motifs is 1. The number of carbonyl (C=O) groups is 4. The average Bonchev–Trinajstić information content (AvgIpc) is 3.28. The molecule has 0 fully saturated rings. The molecule has 3 aromatic carbocycles. The van der Waals surface area contributed by atoms with E-state index in [1.165, 1.54) is 35.2 Å². The van der Waals surface area contributed by atoms with E-state index < -0.39 is 74.9 Å². The molecular weight excluding hydrogens is 674 g/mol. The summed E-state index contributed by atoms with van der Waals surface area (Å²) >= 11 is 0. The lowest BCUT2D eigenvalue weighted by atomic mass is 9.83. The maximum atomic E-state index is 14.5. The second kappa shape index (κ2) is 11.6. The zero-order valence-electron chi connectivity index (χ0n) is 28.4.